The molecule has 12 heteroatoms. The monoisotopic (exact) mass is 663 g/mol. The molecule has 44 heavy (non-hydrogen) atoms. The minimum absolute atomic E-state index is 0.107. The highest BCUT2D eigenvalue weighted by atomic mass is 35.5. The number of hydrogen-bond donors (Lipinski definition) is 1. The SMILES string of the molecule is CC(C)[C@@H](CN(C(C)Cc1ccccc1F)S(=O)[O-])N1C(=O)[C@@H](CC(=O)O)O[C@H](c2cccc(Cl)c2)[C@H]1c1ccc(Cl)cc1. The third-order valence-electron chi connectivity index (χ3n) is 7.83. The van der Waals surface area contributed by atoms with Crippen molar-refractivity contribution in [1.82, 2.24) is 9.21 Å². The number of carboxylic acids is 1. The Bertz CT molecular complexity index is 1490. The highest BCUT2D eigenvalue weighted by Crippen LogP contribution is 2.45. The number of carbonyl (C=O) groups is 2. The Hall–Kier alpha value is -2.86. The van der Waals surface area contributed by atoms with E-state index in [9.17, 15) is 27.8 Å². The van der Waals surface area contributed by atoms with Gasteiger partial charge in [0.15, 0.2) is 0 Å². The van der Waals surface area contributed by atoms with Gasteiger partial charge in [-0.1, -0.05) is 79.5 Å². The number of benzene rings is 3. The van der Waals surface area contributed by atoms with Crippen LogP contribution in [0.15, 0.2) is 72.8 Å². The number of amides is 1. The minimum Gasteiger partial charge on any atom is -0.760 e. The van der Waals surface area contributed by atoms with Crippen LogP contribution >= 0.6 is 23.2 Å². The van der Waals surface area contributed by atoms with Crippen LogP contribution in [0, 0.1) is 11.7 Å². The predicted molar refractivity (Wildman–Crippen MR) is 166 cm³/mol. The summed E-state index contributed by atoms with van der Waals surface area (Å²) in [5.41, 5.74) is 1.63. The van der Waals surface area contributed by atoms with Gasteiger partial charge in [-0.2, -0.15) is 0 Å². The summed E-state index contributed by atoms with van der Waals surface area (Å²) in [4.78, 5) is 27.6. The number of morpholine rings is 1. The van der Waals surface area contributed by atoms with E-state index in [2.05, 4.69) is 0 Å². The van der Waals surface area contributed by atoms with Gasteiger partial charge in [-0.05, 0) is 66.3 Å². The van der Waals surface area contributed by atoms with Crippen LogP contribution in [0.5, 0.6) is 0 Å². The standard InChI is InChI=1S/C32H35Cl2FN2O6S/c1-19(2)27(18-36(44(41)42)20(3)15-22-7-4-5-10-26(22)35)37-30(21-11-13-24(33)14-12-21)31(23-8-6-9-25(34)16-23)43-28(32(37)40)17-29(38)39/h4-14,16,19-20,27-28,30-31H,15,17-18H2,1-3H3,(H,38,39)(H,41,42)/p-1/t20?,27-,28-,30-,31-/m1/s1. The molecule has 0 saturated carbocycles. The van der Waals surface area contributed by atoms with Crippen molar-refractivity contribution in [3.63, 3.8) is 0 Å². The maximum Gasteiger partial charge on any atom is 0.306 e. The van der Waals surface area contributed by atoms with Crippen molar-refractivity contribution < 1.29 is 32.6 Å². The molecule has 1 aliphatic heterocycles. The van der Waals surface area contributed by atoms with E-state index in [0.717, 1.165) is 0 Å². The average Bonchev–Trinajstić information content (AvgIpc) is 2.96. The molecular formula is C32H34Cl2FN2O6S-. The molecule has 236 valence electrons. The van der Waals surface area contributed by atoms with Crippen LogP contribution in [0.2, 0.25) is 10.0 Å². The number of hydrogen-bond acceptors (Lipinski definition) is 5. The Morgan fingerprint density at radius 1 is 1.05 bits per heavy atom. The summed E-state index contributed by atoms with van der Waals surface area (Å²) in [7, 11) is 0. The van der Waals surface area contributed by atoms with Crippen LogP contribution < -0.4 is 0 Å². The highest BCUT2D eigenvalue weighted by Gasteiger charge is 2.48. The largest absolute Gasteiger partial charge is 0.760 e. The average molecular weight is 665 g/mol. The Morgan fingerprint density at radius 2 is 1.73 bits per heavy atom. The Balaban J connectivity index is 1.82. The Labute approximate surface area is 269 Å². The molecule has 8 nitrogen and oxygen atoms in total. The van der Waals surface area contributed by atoms with Crippen LogP contribution in [-0.4, -0.2) is 59.7 Å². The number of carboxylic acid groups (broad SMARTS) is 1. The molecule has 0 radical (unpaired) electrons. The molecule has 1 N–H and O–H groups in total. The molecule has 1 fully saturated rings. The zero-order chi connectivity index (χ0) is 32.1. The van der Waals surface area contributed by atoms with Gasteiger partial charge in [-0.25, -0.2) is 8.70 Å². The number of aliphatic carboxylic acids is 1. The van der Waals surface area contributed by atoms with Gasteiger partial charge in [0.2, 0.25) is 0 Å². The van der Waals surface area contributed by atoms with E-state index in [1.165, 1.54) is 10.4 Å². The summed E-state index contributed by atoms with van der Waals surface area (Å²) in [5, 5.41) is 10.6. The minimum atomic E-state index is -2.73. The van der Waals surface area contributed by atoms with E-state index in [1.807, 2.05) is 13.8 Å². The second-order valence-corrected chi connectivity index (χ2v) is 13.0. The molecule has 0 spiro atoms. The van der Waals surface area contributed by atoms with E-state index in [4.69, 9.17) is 27.9 Å². The molecule has 6 atom stereocenters. The molecule has 1 amide bonds. The quantitative estimate of drug-likeness (QED) is 0.226. The van der Waals surface area contributed by atoms with Crippen molar-refractivity contribution in [3.05, 3.63) is 105 Å². The van der Waals surface area contributed by atoms with Gasteiger partial charge >= 0.3 is 5.97 Å². The molecule has 3 aromatic carbocycles. The molecular weight excluding hydrogens is 630 g/mol. The molecule has 4 rings (SSSR count). The van der Waals surface area contributed by atoms with Crippen molar-refractivity contribution in [1.29, 1.82) is 0 Å². The van der Waals surface area contributed by atoms with E-state index in [-0.39, 0.29) is 18.9 Å². The van der Waals surface area contributed by atoms with Gasteiger partial charge in [0.05, 0.1) is 12.5 Å². The molecule has 1 saturated heterocycles. The summed E-state index contributed by atoms with van der Waals surface area (Å²) in [5.74, 6) is -2.53. The van der Waals surface area contributed by atoms with Gasteiger partial charge in [0.25, 0.3) is 5.91 Å². The van der Waals surface area contributed by atoms with Crippen molar-refractivity contribution >= 4 is 46.3 Å². The third kappa shape index (κ3) is 8.04. The van der Waals surface area contributed by atoms with Gasteiger partial charge in [-0.15, -0.1) is 0 Å². The number of halogens is 3. The smallest absolute Gasteiger partial charge is 0.306 e. The van der Waals surface area contributed by atoms with E-state index < -0.39 is 65.7 Å². The fourth-order valence-corrected chi connectivity index (χ4v) is 6.61. The normalized spacial score (nSPS) is 21.0. The molecule has 0 aromatic heterocycles. The van der Waals surface area contributed by atoms with Gasteiger partial charge < -0.3 is 19.3 Å². The number of carbonyl (C=O) groups excluding carboxylic acids is 1. The lowest BCUT2D eigenvalue weighted by molar-refractivity contribution is -0.185. The van der Waals surface area contributed by atoms with Gasteiger partial charge in [-0.3, -0.25) is 13.8 Å². The fraction of sp³-hybridized carbons (Fsp3) is 0.375. The van der Waals surface area contributed by atoms with Crippen molar-refractivity contribution in [3.8, 4) is 0 Å². The number of nitrogens with zero attached hydrogens (tertiary/aromatic N) is 2. The summed E-state index contributed by atoms with van der Waals surface area (Å²) < 4.78 is 47.3. The van der Waals surface area contributed by atoms with Gasteiger partial charge in [0.1, 0.15) is 18.0 Å². The molecule has 3 aromatic rings. The third-order valence-corrected chi connectivity index (χ3v) is 9.21. The van der Waals surface area contributed by atoms with E-state index >= 15 is 0 Å². The first-order valence-electron chi connectivity index (χ1n) is 14.2. The van der Waals surface area contributed by atoms with Crippen LogP contribution in [-0.2, 0) is 32.0 Å². The summed E-state index contributed by atoms with van der Waals surface area (Å²) >= 11 is 9.82. The van der Waals surface area contributed by atoms with Crippen molar-refractivity contribution in [2.45, 2.75) is 63.9 Å². The van der Waals surface area contributed by atoms with Crippen LogP contribution in [0.1, 0.15) is 56.0 Å². The van der Waals surface area contributed by atoms with Crippen LogP contribution in [0.4, 0.5) is 4.39 Å². The lowest BCUT2D eigenvalue weighted by atomic mass is 9.87. The molecule has 0 bridgehead atoms. The maximum absolute atomic E-state index is 14.5. The molecule has 0 aliphatic carbocycles. The van der Waals surface area contributed by atoms with E-state index in [1.54, 1.807) is 78.6 Å². The maximum atomic E-state index is 14.5. The molecule has 1 heterocycles. The zero-order valence-electron chi connectivity index (χ0n) is 24.4. The first kappa shape index (κ1) is 34.0. The van der Waals surface area contributed by atoms with Crippen molar-refractivity contribution in [2.24, 2.45) is 5.92 Å². The van der Waals surface area contributed by atoms with Crippen molar-refractivity contribution in [2.75, 3.05) is 6.54 Å². The molecule has 1 aliphatic rings. The Morgan fingerprint density at radius 3 is 2.32 bits per heavy atom. The fourth-order valence-electron chi connectivity index (χ4n) is 5.64. The highest BCUT2D eigenvalue weighted by molar-refractivity contribution is 7.76. The first-order chi connectivity index (χ1) is 20.9. The molecule has 2 unspecified atom stereocenters. The number of ether oxygens (including phenoxy) is 1. The van der Waals surface area contributed by atoms with Crippen LogP contribution in [0.25, 0.3) is 0 Å². The lowest BCUT2D eigenvalue weighted by Crippen LogP contribution is -2.59. The summed E-state index contributed by atoms with van der Waals surface area (Å²) in [6.45, 7) is 5.28. The van der Waals surface area contributed by atoms with E-state index in [0.29, 0.717) is 26.7 Å². The predicted octanol–water partition coefficient (Wildman–Crippen LogP) is 6.37. The summed E-state index contributed by atoms with van der Waals surface area (Å²) in [6.07, 6.45) is -2.68. The topological polar surface area (TPSA) is 110 Å². The Kier molecular flexibility index (Phi) is 11.6. The lowest BCUT2D eigenvalue weighted by Gasteiger charge is -2.50. The summed E-state index contributed by atoms with van der Waals surface area (Å²) in [6, 6.07) is 17.8. The zero-order valence-corrected chi connectivity index (χ0v) is 26.8. The van der Waals surface area contributed by atoms with Gasteiger partial charge in [0, 0.05) is 39.9 Å². The first-order valence-corrected chi connectivity index (χ1v) is 16.0. The number of rotatable bonds is 12. The second kappa shape index (κ2) is 14.9. The van der Waals surface area contributed by atoms with Crippen LogP contribution in [0.3, 0.4) is 0 Å². The second-order valence-electron chi connectivity index (χ2n) is 11.2.